The van der Waals surface area contributed by atoms with E-state index in [1.54, 1.807) is 0 Å². The summed E-state index contributed by atoms with van der Waals surface area (Å²) in [5.74, 6) is 0.313. The summed E-state index contributed by atoms with van der Waals surface area (Å²) in [4.78, 5) is 19.5. The van der Waals surface area contributed by atoms with Crippen LogP contribution in [0.3, 0.4) is 0 Å². The lowest BCUT2D eigenvalue weighted by molar-refractivity contribution is 0.0128. The molecule has 0 unspecified atom stereocenters. The second-order valence-electron chi connectivity index (χ2n) is 8.51. The number of esters is 1. The SMILES string of the molecule is Cc1ncc(C(=O)O[C@@H](CCc2ccccc2)CO[Si](C)(C)C(C)(C)C)[nH]1. The molecule has 0 aliphatic rings. The van der Waals surface area contributed by atoms with Crippen LogP contribution in [0.5, 0.6) is 0 Å². The van der Waals surface area contributed by atoms with E-state index in [1.807, 2.05) is 25.1 Å². The van der Waals surface area contributed by atoms with Crippen molar-refractivity contribution in [2.24, 2.45) is 0 Å². The minimum atomic E-state index is -1.91. The van der Waals surface area contributed by atoms with Crippen LogP contribution >= 0.6 is 0 Å². The number of rotatable bonds is 8. The maximum absolute atomic E-state index is 12.5. The molecular weight excluding hydrogens is 356 g/mol. The van der Waals surface area contributed by atoms with Gasteiger partial charge in [0.1, 0.15) is 17.6 Å². The Morgan fingerprint density at radius 3 is 2.44 bits per heavy atom. The number of H-pyrrole nitrogens is 1. The molecule has 5 nitrogen and oxygen atoms in total. The second-order valence-corrected chi connectivity index (χ2v) is 13.3. The zero-order valence-corrected chi connectivity index (χ0v) is 18.3. The molecule has 0 radical (unpaired) electrons. The Morgan fingerprint density at radius 1 is 1.22 bits per heavy atom. The normalized spacial score (nSPS) is 13.4. The second kappa shape index (κ2) is 8.84. The molecule has 1 aromatic carbocycles. The number of hydrogen-bond donors (Lipinski definition) is 1. The molecule has 0 fully saturated rings. The minimum Gasteiger partial charge on any atom is -0.455 e. The van der Waals surface area contributed by atoms with E-state index >= 15 is 0 Å². The van der Waals surface area contributed by atoms with Crippen LogP contribution in [-0.2, 0) is 15.6 Å². The molecular formula is C21H32N2O3Si. The molecule has 6 heteroatoms. The highest BCUT2D eigenvalue weighted by molar-refractivity contribution is 6.74. The molecule has 0 amide bonds. The van der Waals surface area contributed by atoms with Gasteiger partial charge < -0.3 is 14.1 Å². The lowest BCUT2D eigenvalue weighted by Gasteiger charge is -2.37. The van der Waals surface area contributed by atoms with Gasteiger partial charge in [-0.15, -0.1) is 0 Å². The van der Waals surface area contributed by atoms with Crippen molar-refractivity contribution in [3.63, 3.8) is 0 Å². The Balaban J connectivity index is 2.04. The minimum absolute atomic E-state index is 0.113. The number of aryl methyl sites for hydroxylation is 2. The number of aromatic amines is 1. The smallest absolute Gasteiger partial charge is 0.356 e. The zero-order chi connectivity index (χ0) is 20.1. The van der Waals surface area contributed by atoms with Crippen LogP contribution < -0.4 is 0 Å². The van der Waals surface area contributed by atoms with Gasteiger partial charge in [0.25, 0.3) is 0 Å². The molecule has 27 heavy (non-hydrogen) atoms. The van der Waals surface area contributed by atoms with Crippen LogP contribution in [0.2, 0.25) is 18.1 Å². The molecule has 1 N–H and O–H groups in total. The number of ether oxygens (including phenoxy) is 1. The van der Waals surface area contributed by atoms with Crippen molar-refractivity contribution in [3.05, 3.63) is 53.6 Å². The van der Waals surface area contributed by atoms with Gasteiger partial charge in [-0.25, -0.2) is 9.78 Å². The predicted molar refractivity (Wildman–Crippen MR) is 110 cm³/mol. The van der Waals surface area contributed by atoms with Crippen LogP contribution in [0, 0.1) is 6.92 Å². The van der Waals surface area contributed by atoms with Gasteiger partial charge in [0.15, 0.2) is 8.32 Å². The summed E-state index contributed by atoms with van der Waals surface area (Å²) in [5, 5.41) is 0.113. The number of aromatic nitrogens is 2. The fourth-order valence-corrected chi connectivity index (χ4v) is 3.44. The molecule has 0 aliphatic carbocycles. The number of nitrogens with one attached hydrogen (secondary N) is 1. The first-order chi connectivity index (χ1) is 12.6. The Bertz CT molecular complexity index is 735. The number of nitrogens with zero attached hydrogens (tertiary/aromatic N) is 1. The summed E-state index contributed by atoms with van der Waals surface area (Å²) < 4.78 is 12.1. The first-order valence-corrected chi connectivity index (χ1v) is 12.4. The fraction of sp³-hybridized carbons (Fsp3) is 0.524. The summed E-state index contributed by atoms with van der Waals surface area (Å²) in [6.45, 7) is 13.3. The molecule has 0 bridgehead atoms. The molecule has 1 heterocycles. The van der Waals surface area contributed by atoms with E-state index in [0.717, 1.165) is 12.8 Å². The van der Waals surface area contributed by atoms with Crippen LogP contribution in [0.15, 0.2) is 36.5 Å². The van der Waals surface area contributed by atoms with Crippen molar-refractivity contribution in [3.8, 4) is 0 Å². The van der Waals surface area contributed by atoms with E-state index in [1.165, 1.54) is 11.8 Å². The molecule has 1 aromatic heterocycles. The van der Waals surface area contributed by atoms with Crippen molar-refractivity contribution < 1.29 is 14.0 Å². The van der Waals surface area contributed by atoms with Crippen LogP contribution in [0.25, 0.3) is 0 Å². The number of hydrogen-bond acceptors (Lipinski definition) is 4. The van der Waals surface area contributed by atoms with Gasteiger partial charge in [-0.05, 0) is 43.5 Å². The van der Waals surface area contributed by atoms with E-state index < -0.39 is 8.32 Å². The van der Waals surface area contributed by atoms with Gasteiger partial charge in [-0.2, -0.15) is 0 Å². The topological polar surface area (TPSA) is 64.2 Å². The maximum Gasteiger partial charge on any atom is 0.356 e. The average molecular weight is 389 g/mol. The van der Waals surface area contributed by atoms with Crippen LogP contribution in [0.4, 0.5) is 0 Å². The third-order valence-electron chi connectivity index (χ3n) is 5.23. The van der Waals surface area contributed by atoms with Gasteiger partial charge >= 0.3 is 5.97 Å². The highest BCUT2D eigenvalue weighted by atomic mass is 28.4. The van der Waals surface area contributed by atoms with Gasteiger partial charge in [0.05, 0.1) is 12.8 Å². The molecule has 2 aromatic rings. The Labute approximate surface area is 163 Å². The molecule has 1 atom stereocenters. The monoisotopic (exact) mass is 388 g/mol. The number of benzene rings is 1. The van der Waals surface area contributed by atoms with E-state index in [9.17, 15) is 4.79 Å². The summed E-state index contributed by atoms with van der Waals surface area (Å²) in [6.07, 6.45) is 2.77. The Hall–Kier alpha value is -1.92. The van der Waals surface area contributed by atoms with E-state index in [4.69, 9.17) is 9.16 Å². The van der Waals surface area contributed by atoms with Crippen molar-refractivity contribution in [2.45, 2.75) is 64.8 Å². The van der Waals surface area contributed by atoms with E-state index in [-0.39, 0.29) is 17.1 Å². The molecule has 2 rings (SSSR count). The molecule has 148 valence electrons. The van der Waals surface area contributed by atoms with Crippen molar-refractivity contribution >= 4 is 14.3 Å². The maximum atomic E-state index is 12.5. The highest BCUT2D eigenvalue weighted by Gasteiger charge is 2.38. The number of carbonyl (C=O) groups excluding carboxylic acids is 1. The zero-order valence-electron chi connectivity index (χ0n) is 17.3. The first kappa shape index (κ1) is 21.4. The lowest BCUT2D eigenvalue weighted by atomic mass is 10.1. The molecule has 0 saturated heterocycles. The molecule has 0 spiro atoms. The quantitative estimate of drug-likeness (QED) is 0.516. The summed E-state index contributed by atoms with van der Waals surface area (Å²) in [6, 6.07) is 10.2. The van der Waals surface area contributed by atoms with E-state index in [2.05, 4.69) is 56.0 Å². The summed E-state index contributed by atoms with van der Waals surface area (Å²) in [5.41, 5.74) is 1.60. The largest absolute Gasteiger partial charge is 0.455 e. The summed E-state index contributed by atoms with van der Waals surface area (Å²) in [7, 11) is -1.91. The Kier molecular flexibility index (Phi) is 7.00. The average Bonchev–Trinajstić information content (AvgIpc) is 3.04. The predicted octanol–water partition coefficient (Wildman–Crippen LogP) is 4.90. The molecule has 0 saturated carbocycles. The fourth-order valence-electron chi connectivity index (χ4n) is 2.41. The van der Waals surface area contributed by atoms with Crippen molar-refractivity contribution in [1.82, 2.24) is 9.97 Å². The summed E-state index contributed by atoms with van der Waals surface area (Å²) >= 11 is 0. The Morgan fingerprint density at radius 2 is 1.89 bits per heavy atom. The van der Waals surface area contributed by atoms with Crippen LogP contribution in [-0.4, -0.2) is 37.0 Å². The van der Waals surface area contributed by atoms with Gasteiger partial charge in [0.2, 0.25) is 0 Å². The van der Waals surface area contributed by atoms with Crippen LogP contribution in [0.1, 0.15) is 49.1 Å². The van der Waals surface area contributed by atoms with Crippen molar-refractivity contribution in [1.29, 1.82) is 0 Å². The van der Waals surface area contributed by atoms with Gasteiger partial charge in [0, 0.05) is 0 Å². The van der Waals surface area contributed by atoms with Crippen molar-refractivity contribution in [2.75, 3.05) is 6.61 Å². The standard InChI is InChI=1S/C21H32N2O3Si/c1-16-22-14-19(23-16)20(24)26-18(13-12-17-10-8-7-9-11-17)15-25-27(5,6)21(2,3)4/h7-11,14,18H,12-13,15H2,1-6H3,(H,22,23)/t18-/m0/s1. The van der Waals surface area contributed by atoms with Gasteiger partial charge in [-0.3, -0.25) is 0 Å². The van der Waals surface area contributed by atoms with Gasteiger partial charge in [-0.1, -0.05) is 51.1 Å². The lowest BCUT2D eigenvalue weighted by Crippen LogP contribution is -2.43. The first-order valence-electron chi connectivity index (χ1n) is 9.49. The third-order valence-corrected chi connectivity index (χ3v) is 9.73. The van der Waals surface area contributed by atoms with E-state index in [0.29, 0.717) is 18.1 Å². The molecule has 0 aliphatic heterocycles. The third kappa shape index (κ3) is 6.32. The number of imidazole rings is 1. The highest BCUT2D eigenvalue weighted by Crippen LogP contribution is 2.36. The number of carbonyl (C=O) groups is 1.